The van der Waals surface area contributed by atoms with Crippen LogP contribution in [0.4, 0.5) is 0 Å². The second-order valence-corrected chi connectivity index (χ2v) is 6.24. The SMILES string of the molecule is CCOc1ccccc1CNC(=NC)NCCN1CCN(C(C)=O)CC1.I. The fourth-order valence-corrected chi connectivity index (χ4v) is 2.96. The average molecular weight is 489 g/mol. The van der Waals surface area contributed by atoms with Crippen molar-refractivity contribution < 1.29 is 9.53 Å². The molecule has 2 N–H and O–H groups in total. The number of guanidine groups is 1. The van der Waals surface area contributed by atoms with Crippen molar-refractivity contribution in [3.05, 3.63) is 29.8 Å². The number of nitrogens with zero attached hydrogens (tertiary/aromatic N) is 3. The normalized spacial score (nSPS) is 15.1. The number of rotatable bonds is 7. The highest BCUT2D eigenvalue weighted by Crippen LogP contribution is 2.17. The van der Waals surface area contributed by atoms with Crippen LogP contribution in [0, 0.1) is 0 Å². The number of benzene rings is 1. The van der Waals surface area contributed by atoms with Crippen molar-refractivity contribution in [1.82, 2.24) is 20.4 Å². The molecule has 1 saturated heterocycles. The van der Waals surface area contributed by atoms with Gasteiger partial charge in [0, 0.05) is 65.3 Å². The molecule has 0 aromatic heterocycles. The van der Waals surface area contributed by atoms with Gasteiger partial charge in [0.15, 0.2) is 5.96 Å². The standard InChI is InChI=1S/C19H31N5O2.HI/c1-4-26-18-8-6-5-7-17(18)15-22-19(20-3)21-9-10-23-11-13-24(14-12-23)16(2)25;/h5-8H,4,9-15H2,1-3H3,(H2,20,21,22);1H. The summed E-state index contributed by atoms with van der Waals surface area (Å²) in [5.74, 6) is 1.85. The third-order valence-electron chi connectivity index (χ3n) is 4.48. The van der Waals surface area contributed by atoms with E-state index >= 15 is 0 Å². The van der Waals surface area contributed by atoms with E-state index in [0.717, 1.165) is 56.5 Å². The van der Waals surface area contributed by atoms with Crippen molar-refractivity contribution in [2.75, 3.05) is 52.9 Å². The summed E-state index contributed by atoms with van der Waals surface area (Å²) in [6, 6.07) is 8.03. The number of aliphatic imine (C=N–C) groups is 1. The number of amides is 1. The van der Waals surface area contributed by atoms with Crippen LogP contribution >= 0.6 is 24.0 Å². The summed E-state index contributed by atoms with van der Waals surface area (Å²) in [6.07, 6.45) is 0. The number of piperazine rings is 1. The lowest BCUT2D eigenvalue weighted by Crippen LogP contribution is -2.50. The fourth-order valence-electron chi connectivity index (χ4n) is 2.96. The van der Waals surface area contributed by atoms with Crippen molar-refractivity contribution in [1.29, 1.82) is 0 Å². The van der Waals surface area contributed by atoms with Crippen molar-refractivity contribution in [3.63, 3.8) is 0 Å². The summed E-state index contributed by atoms with van der Waals surface area (Å²) in [6.45, 7) is 10.2. The Morgan fingerprint density at radius 1 is 1.19 bits per heavy atom. The number of carbonyl (C=O) groups excluding carboxylic acids is 1. The van der Waals surface area contributed by atoms with E-state index in [1.54, 1.807) is 14.0 Å². The van der Waals surface area contributed by atoms with Gasteiger partial charge >= 0.3 is 0 Å². The maximum Gasteiger partial charge on any atom is 0.219 e. The van der Waals surface area contributed by atoms with Gasteiger partial charge in [-0.25, -0.2) is 0 Å². The Bertz CT molecular complexity index is 604. The predicted octanol–water partition coefficient (Wildman–Crippen LogP) is 1.53. The first-order valence-electron chi connectivity index (χ1n) is 9.27. The van der Waals surface area contributed by atoms with Crippen LogP contribution in [-0.2, 0) is 11.3 Å². The molecule has 0 atom stereocenters. The molecule has 0 spiro atoms. The van der Waals surface area contributed by atoms with Crippen LogP contribution in [0.15, 0.2) is 29.3 Å². The minimum absolute atomic E-state index is 0. The third kappa shape index (κ3) is 7.92. The summed E-state index contributed by atoms with van der Waals surface area (Å²) in [5, 5.41) is 6.68. The third-order valence-corrected chi connectivity index (χ3v) is 4.48. The van der Waals surface area contributed by atoms with Gasteiger partial charge in [0.25, 0.3) is 0 Å². The molecule has 1 aliphatic rings. The van der Waals surface area contributed by atoms with Gasteiger partial charge in [-0.15, -0.1) is 24.0 Å². The topological polar surface area (TPSA) is 69.2 Å². The van der Waals surface area contributed by atoms with Gasteiger partial charge in [0.2, 0.25) is 5.91 Å². The molecule has 152 valence electrons. The highest BCUT2D eigenvalue weighted by Gasteiger charge is 2.17. The minimum atomic E-state index is 0. The molecule has 1 aromatic rings. The van der Waals surface area contributed by atoms with Crippen molar-refractivity contribution in [3.8, 4) is 5.75 Å². The smallest absolute Gasteiger partial charge is 0.219 e. The molecule has 0 saturated carbocycles. The van der Waals surface area contributed by atoms with E-state index in [1.807, 2.05) is 30.0 Å². The van der Waals surface area contributed by atoms with E-state index in [-0.39, 0.29) is 29.9 Å². The number of halogens is 1. The van der Waals surface area contributed by atoms with E-state index in [2.05, 4.69) is 26.6 Å². The number of carbonyl (C=O) groups is 1. The molecule has 0 aliphatic carbocycles. The average Bonchev–Trinajstić information content (AvgIpc) is 2.66. The lowest BCUT2D eigenvalue weighted by molar-refractivity contribution is -0.130. The van der Waals surface area contributed by atoms with E-state index in [9.17, 15) is 4.79 Å². The summed E-state index contributed by atoms with van der Waals surface area (Å²) in [7, 11) is 1.77. The Labute approximate surface area is 179 Å². The molecule has 1 fully saturated rings. The Kier molecular flexibility index (Phi) is 11.1. The highest BCUT2D eigenvalue weighted by molar-refractivity contribution is 14.0. The summed E-state index contributed by atoms with van der Waals surface area (Å²) in [4.78, 5) is 19.9. The number of para-hydroxylation sites is 1. The number of ether oxygens (including phenoxy) is 1. The monoisotopic (exact) mass is 489 g/mol. The van der Waals surface area contributed by atoms with E-state index < -0.39 is 0 Å². The summed E-state index contributed by atoms with van der Waals surface area (Å²) >= 11 is 0. The summed E-state index contributed by atoms with van der Waals surface area (Å²) < 4.78 is 5.65. The second kappa shape index (κ2) is 12.8. The predicted molar refractivity (Wildman–Crippen MR) is 120 cm³/mol. The second-order valence-electron chi connectivity index (χ2n) is 6.24. The zero-order chi connectivity index (χ0) is 18.8. The molecule has 7 nitrogen and oxygen atoms in total. The van der Waals surface area contributed by atoms with Crippen LogP contribution in [0.5, 0.6) is 5.75 Å². The van der Waals surface area contributed by atoms with Crippen molar-refractivity contribution in [2.24, 2.45) is 4.99 Å². The van der Waals surface area contributed by atoms with Crippen LogP contribution < -0.4 is 15.4 Å². The maximum absolute atomic E-state index is 11.4. The number of hydrogen-bond acceptors (Lipinski definition) is 4. The molecular formula is C19H32IN5O2. The van der Waals surface area contributed by atoms with E-state index in [0.29, 0.717) is 13.2 Å². The van der Waals surface area contributed by atoms with Crippen LogP contribution in [-0.4, -0.2) is 74.6 Å². The minimum Gasteiger partial charge on any atom is -0.494 e. The van der Waals surface area contributed by atoms with Crippen LogP contribution in [0.1, 0.15) is 19.4 Å². The Hall–Kier alpha value is -1.55. The number of nitrogens with one attached hydrogen (secondary N) is 2. The zero-order valence-corrected chi connectivity index (χ0v) is 18.9. The lowest BCUT2D eigenvalue weighted by atomic mass is 10.2. The molecule has 1 amide bonds. The summed E-state index contributed by atoms with van der Waals surface area (Å²) in [5.41, 5.74) is 1.11. The first-order chi connectivity index (χ1) is 12.6. The van der Waals surface area contributed by atoms with Crippen molar-refractivity contribution in [2.45, 2.75) is 20.4 Å². The molecule has 8 heteroatoms. The Morgan fingerprint density at radius 2 is 1.89 bits per heavy atom. The molecule has 0 radical (unpaired) electrons. The molecule has 2 rings (SSSR count). The maximum atomic E-state index is 11.4. The molecule has 0 unspecified atom stereocenters. The first kappa shape index (κ1) is 23.5. The molecular weight excluding hydrogens is 457 g/mol. The van der Waals surface area contributed by atoms with Gasteiger partial charge in [-0.3, -0.25) is 14.7 Å². The van der Waals surface area contributed by atoms with Crippen LogP contribution in [0.2, 0.25) is 0 Å². The molecule has 1 heterocycles. The lowest BCUT2D eigenvalue weighted by Gasteiger charge is -2.34. The van der Waals surface area contributed by atoms with Gasteiger partial charge in [0.1, 0.15) is 5.75 Å². The van der Waals surface area contributed by atoms with Gasteiger partial charge < -0.3 is 20.3 Å². The zero-order valence-electron chi connectivity index (χ0n) is 16.5. The molecule has 27 heavy (non-hydrogen) atoms. The van der Waals surface area contributed by atoms with E-state index in [1.165, 1.54) is 0 Å². The molecule has 0 bridgehead atoms. The van der Waals surface area contributed by atoms with Gasteiger partial charge in [-0.2, -0.15) is 0 Å². The van der Waals surface area contributed by atoms with Crippen molar-refractivity contribution >= 4 is 35.8 Å². The van der Waals surface area contributed by atoms with Crippen LogP contribution in [0.3, 0.4) is 0 Å². The largest absolute Gasteiger partial charge is 0.494 e. The quantitative estimate of drug-likeness (QED) is 0.346. The van der Waals surface area contributed by atoms with Crippen LogP contribution in [0.25, 0.3) is 0 Å². The van der Waals surface area contributed by atoms with Gasteiger partial charge in [-0.1, -0.05) is 18.2 Å². The molecule has 1 aromatic carbocycles. The fraction of sp³-hybridized carbons (Fsp3) is 0.579. The van der Waals surface area contributed by atoms with Gasteiger partial charge in [0.05, 0.1) is 6.61 Å². The Balaban J connectivity index is 0.00000364. The number of hydrogen-bond donors (Lipinski definition) is 2. The highest BCUT2D eigenvalue weighted by atomic mass is 127. The Morgan fingerprint density at radius 3 is 2.52 bits per heavy atom. The first-order valence-corrected chi connectivity index (χ1v) is 9.27. The molecule has 1 aliphatic heterocycles. The van der Waals surface area contributed by atoms with Gasteiger partial charge in [-0.05, 0) is 13.0 Å². The van der Waals surface area contributed by atoms with E-state index in [4.69, 9.17) is 4.74 Å².